The van der Waals surface area contributed by atoms with Crippen LogP contribution in [0.15, 0.2) is 42.6 Å². The minimum atomic E-state index is -0.975. The topological polar surface area (TPSA) is 92.1 Å². The fourth-order valence-corrected chi connectivity index (χ4v) is 5.15. The Morgan fingerprint density at radius 3 is 2.51 bits per heavy atom. The summed E-state index contributed by atoms with van der Waals surface area (Å²) in [6.07, 6.45) is 1.82. The van der Waals surface area contributed by atoms with Gasteiger partial charge in [-0.2, -0.15) is 0 Å². The van der Waals surface area contributed by atoms with Gasteiger partial charge >= 0.3 is 5.97 Å². The van der Waals surface area contributed by atoms with Gasteiger partial charge in [0.1, 0.15) is 29.7 Å². The van der Waals surface area contributed by atoms with E-state index in [1.165, 1.54) is 6.20 Å². The third kappa shape index (κ3) is 6.29. The molecule has 0 saturated carbocycles. The number of rotatable bonds is 10. The number of aromatic nitrogens is 1. The Balaban J connectivity index is 1.37. The van der Waals surface area contributed by atoms with E-state index in [0.717, 1.165) is 18.2 Å². The van der Waals surface area contributed by atoms with Gasteiger partial charge in [-0.05, 0) is 57.0 Å². The zero-order valence-electron chi connectivity index (χ0n) is 20.4. The molecule has 0 amide bonds. The van der Waals surface area contributed by atoms with E-state index in [0.29, 0.717) is 59.7 Å². The van der Waals surface area contributed by atoms with Gasteiger partial charge in [0, 0.05) is 41.9 Å². The van der Waals surface area contributed by atoms with Crippen LogP contribution in [0.2, 0.25) is 5.02 Å². The molecule has 0 aliphatic carbocycles. The second kappa shape index (κ2) is 11.6. The van der Waals surface area contributed by atoms with Crippen molar-refractivity contribution in [2.45, 2.75) is 31.8 Å². The highest BCUT2D eigenvalue weighted by Crippen LogP contribution is 2.41. The van der Waals surface area contributed by atoms with Crippen LogP contribution in [0, 0.1) is 17.0 Å². The van der Waals surface area contributed by atoms with Crippen LogP contribution < -0.4 is 9.47 Å². The molecule has 2 aromatic carbocycles. The SMILES string of the molecule is COc1ccc2ncc(Cl)c(C(O)CCC3(C(=O)O)CCN(CCOc4cc(F)cc(F)c4)CC3)c2c1. The Morgan fingerprint density at radius 2 is 1.86 bits per heavy atom. The van der Waals surface area contributed by atoms with Crippen molar-refractivity contribution in [1.29, 1.82) is 0 Å². The van der Waals surface area contributed by atoms with Gasteiger partial charge in [-0.25, -0.2) is 8.78 Å². The summed E-state index contributed by atoms with van der Waals surface area (Å²) in [6.45, 7) is 1.77. The van der Waals surface area contributed by atoms with Gasteiger partial charge in [-0.3, -0.25) is 14.7 Å². The number of benzene rings is 2. The summed E-state index contributed by atoms with van der Waals surface area (Å²) in [6, 6.07) is 8.33. The van der Waals surface area contributed by atoms with Crippen LogP contribution in [0.1, 0.15) is 37.4 Å². The lowest BCUT2D eigenvalue weighted by Gasteiger charge is -2.39. The van der Waals surface area contributed by atoms with Crippen LogP contribution in [-0.2, 0) is 4.79 Å². The third-order valence-corrected chi connectivity index (χ3v) is 7.38. The minimum Gasteiger partial charge on any atom is -0.497 e. The van der Waals surface area contributed by atoms with Crippen molar-refractivity contribution in [3.8, 4) is 11.5 Å². The van der Waals surface area contributed by atoms with E-state index < -0.39 is 29.1 Å². The van der Waals surface area contributed by atoms with Crippen molar-refractivity contribution < 1.29 is 33.3 Å². The number of halogens is 3. The number of hydrogen-bond acceptors (Lipinski definition) is 6. The molecule has 1 fully saturated rings. The molecular weight excluding hydrogens is 506 g/mol. The number of aliphatic carboxylic acids is 1. The number of aliphatic hydroxyl groups is 1. The molecule has 7 nitrogen and oxygen atoms in total. The molecule has 10 heteroatoms. The first-order valence-corrected chi connectivity index (χ1v) is 12.4. The number of hydrogen-bond donors (Lipinski definition) is 2. The number of nitrogens with zero attached hydrogens (tertiary/aromatic N) is 2. The standard InChI is InChI=1S/C27H29ClF2N2O5/c1-36-19-2-3-23-21(15-19)25(22(28)16-31-23)24(33)4-5-27(26(34)35)6-8-32(9-7-27)10-11-37-20-13-17(29)12-18(30)14-20/h2-3,12-16,24,33H,4-11H2,1H3,(H,34,35). The maximum absolute atomic E-state index is 13.3. The molecule has 0 bridgehead atoms. The zero-order valence-corrected chi connectivity index (χ0v) is 21.2. The second-order valence-electron chi connectivity index (χ2n) is 9.34. The average molecular weight is 535 g/mol. The normalized spacial score (nSPS) is 16.5. The first-order valence-electron chi connectivity index (χ1n) is 12.1. The molecule has 1 saturated heterocycles. The number of carboxylic acids is 1. The van der Waals surface area contributed by atoms with Gasteiger partial charge in [0.2, 0.25) is 0 Å². The summed E-state index contributed by atoms with van der Waals surface area (Å²) >= 11 is 6.40. The number of carboxylic acid groups (broad SMARTS) is 1. The van der Waals surface area contributed by atoms with Gasteiger partial charge < -0.3 is 19.7 Å². The van der Waals surface area contributed by atoms with Crippen LogP contribution in [0.5, 0.6) is 11.5 Å². The van der Waals surface area contributed by atoms with Crippen LogP contribution >= 0.6 is 11.6 Å². The predicted octanol–water partition coefficient (Wildman–Crippen LogP) is 5.23. The number of fused-ring (bicyclic) bond motifs is 1. The zero-order chi connectivity index (χ0) is 26.6. The maximum Gasteiger partial charge on any atom is 0.309 e. The molecule has 1 aliphatic heterocycles. The summed E-state index contributed by atoms with van der Waals surface area (Å²) in [5, 5.41) is 22.1. The monoisotopic (exact) mass is 534 g/mol. The summed E-state index contributed by atoms with van der Waals surface area (Å²) in [5.41, 5.74) is 0.190. The van der Waals surface area contributed by atoms with Gasteiger partial charge in [0.05, 0.1) is 29.2 Å². The van der Waals surface area contributed by atoms with Crippen LogP contribution in [0.25, 0.3) is 10.9 Å². The van der Waals surface area contributed by atoms with Crippen molar-refractivity contribution in [2.75, 3.05) is 33.4 Å². The number of piperidine rings is 1. The van der Waals surface area contributed by atoms with E-state index in [-0.39, 0.29) is 25.2 Å². The largest absolute Gasteiger partial charge is 0.497 e. The Kier molecular flexibility index (Phi) is 8.46. The minimum absolute atomic E-state index is 0.114. The number of likely N-dealkylation sites (tertiary alicyclic amines) is 1. The van der Waals surface area contributed by atoms with Gasteiger partial charge in [0.25, 0.3) is 0 Å². The fourth-order valence-electron chi connectivity index (χ4n) is 4.87. The lowest BCUT2D eigenvalue weighted by Crippen LogP contribution is -2.45. The first kappa shape index (κ1) is 27.0. The second-order valence-corrected chi connectivity index (χ2v) is 9.75. The Morgan fingerprint density at radius 1 is 1.16 bits per heavy atom. The molecule has 1 aliphatic rings. The Hall–Kier alpha value is -3.01. The molecule has 4 rings (SSSR count). The average Bonchev–Trinajstić information content (AvgIpc) is 2.87. The van der Waals surface area contributed by atoms with E-state index in [9.17, 15) is 23.8 Å². The van der Waals surface area contributed by atoms with E-state index in [4.69, 9.17) is 21.1 Å². The number of methoxy groups -OCH3 is 1. The molecule has 0 radical (unpaired) electrons. The Labute approximate surface area is 218 Å². The van der Waals surface area contributed by atoms with Crippen LogP contribution in [0.3, 0.4) is 0 Å². The molecule has 1 unspecified atom stereocenters. The summed E-state index contributed by atoms with van der Waals surface area (Å²) in [7, 11) is 1.55. The molecule has 3 aromatic rings. The molecule has 0 spiro atoms. The van der Waals surface area contributed by atoms with Crippen LogP contribution in [0.4, 0.5) is 8.78 Å². The van der Waals surface area contributed by atoms with E-state index in [1.807, 2.05) is 0 Å². The van der Waals surface area contributed by atoms with Gasteiger partial charge in [-0.1, -0.05) is 11.6 Å². The molecule has 2 N–H and O–H groups in total. The number of pyridine rings is 1. The van der Waals surface area contributed by atoms with Crippen molar-refractivity contribution in [3.63, 3.8) is 0 Å². The highest BCUT2D eigenvalue weighted by molar-refractivity contribution is 6.32. The van der Waals surface area contributed by atoms with Gasteiger partial charge in [-0.15, -0.1) is 0 Å². The molecular formula is C27H29ClF2N2O5. The summed E-state index contributed by atoms with van der Waals surface area (Å²) in [4.78, 5) is 18.7. The Bertz CT molecular complexity index is 1250. The summed E-state index contributed by atoms with van der Waals surface area (Å²) < 4.78 is 37.4. The molecule has 2 heterocycles. The third-order valence-electron chi connectivity index (χ3n) is 7.08. The predicted molar refractivity (Wildman–Crippen MR) is 135 cm³/mol. The molecule has 37 heavy (non-hydrogen) atoms. The smallest absolute Gasteiger partial charge is 0.309 e. The van der Waals surface area contributed by atoms with E-state index >= 15 is 0 Å². The quantitative estimate of drug-likeness (QED) is 0.368. The highest BCUT2D eigenvalue weighted by Gasteiger charge is 2.41. The van der Waals surface area contributed by atoms with Crippen molar-refractivity contribution >= 4 is 28.5 Å². The van der Waals surface area contributed by atoms with E-state index in [1.54, 1.807) is 25.3 Å². The van der Waals surface area contributed by atoms with Crippen LogP contribution in [-0.4, -0.2) is 59.4 Å². The lowest BCUT2D eigenvalue weighted by atomic mass is 9.74. The fraction of sp³-hybridized carbons (Fsp3) is 0.407. The number of ether oxygens (including phenoxy) is 2. The van der Waals surface area contributed by atoms with Crippen molar-refractivity contribution in [2.24, 2.45) is 5.41 Å². The highest BCUT2D eigenvalue weighted by atomic mass is 35.5. The molecule has 1 aromatic heterocycles. The van der Waals surface area contributed by atoms with Crippen molar-refractivity contribution in [3.05, 3.63) is 64.8 Å². The number of aliphatic hydroxyl groups excluding tert-OH is 1. The van der Waals surface area contributed by atoms with E-state index in [2.05, 4.69) is 9.88 Å². The number of carbonyl (C=O) groups is 1. The van der Waals surface area contributed by atoms with Gasteiger partial charge in [0.15, 0.2) is 0 Å². The first-order chi connectivity index (χ1) is 17.7. The lowest BCUT2D eigenvalue weighted by molar-refractivity contribution is -0.153. The molecule has 198 valence electrons. The maximum atomic E-state index is 13.3. The van der Waals surface area contributed by atoms with Crippen molar-refractivity contribution in [1.82, 2.24) is 9.88 Å². The molecule has 1 atom stereocenters. The summed E-state index contributed by atoms with van der Waals surface area (Å²) in [5.74, 6) is -1.59.